The van der Waals surface area contributed by atoms with Gasteiger partial charge in [-0.1, -0.05) is 42.5 Å². The lowest BCUT2D eigenvalue weighted by Gasteiger charge is -2.34. The summed E-state index contributed by atoms with van der Waals surface area (Å²) in [7, 11) is 0. The molecule has 2 aromatic carbocycles. The molecule has 0 atom stereocenters. The predicted octanol–water partition coefficient (Wildman–Crippen LogP) is 4.02. The molecule has 0 radical (unpaired) electrons. The molecule has 5 nitrogen and oxygen atoms in total. The summed E-state index contributed by atoms with van der Waals surface area (Å²) < 4.78 is 0. The third-order valence-corrected chi connectivity index (χ3v) is 6.21. The van der Waals surface area contributed by atoms with Gasteiger partial charge in [0, 0.05) is 45.0 Å². The molecule has 1 N–H and O–H groups in total. The van der Waals surface area contributed by atoms with E-state index in [4.69, 9.17) is 0 Å². The van der Waals surface area contributed by atoms with Gasteiger partial charge >= 0.3 is 0 Å². The van der Waals surface area contributed by atoms with E-state index in [9.17, 15) is 4.79 Å². The van der Waals surface area contributed by atoms with E-state index in [0.717, 1.165) is 50.6 Å². The molecule has 4 rings (SSSR count). The first kappa shape index (κ1) is 19.8. The number of piperazine rings is 1. The Labute approximate surface area is 176 Å². The van der Waals surface area contributed by atoms with Crippen LogP contribution in [0.3, 0.4) is 0 Å². The molecule has 29 heavy (non-hydrogen) atoms. The Morgan fingerprint density at radius 1 is 0.931 bits per heavy atom. The van der Waals surface area contributed by atoms with E-state index in [2.05, 4.69) is 62.6 Å². The first-order valence-corrected chi connectivity index (χ1v) is 10.8. The van der Waals surface area contributed by atoms with Crippen LogP contribution in [-0.2, 0) is 13.1 Å². The Hall–Kier alpha value is -2.54. The number of carbonyl (C=O) groups is 1. The maximum atomic E-state index is 12.3. The number of amides is 1. The lowest BCUT2D eigenvalue weighted by Crippen LogP contribution is -2.45. The predicted molar refractivity (Wildman–Crippen MR) is 118 cm³/mol. The van der Waals surface area contributed by atoms with E-state index in [1.165, 1.54) is 22.5 Å². The summed E-state index contributed by atoms with van der Waals surface area (Å²) in [4.78, 5) is 22.1. The molecule has 1 saturated heterocycles. The molecule has 2 heterocycles. The fraction of sp³-hybridized carbons (Fsp3) is 0.304. The van der Waals surface area contributed by atoms with Crippen LogP contribution >= 0.6 is 11.3 Å². The Bertz CT molecular complexity index is 931. The van der Waals surface area contributed by atoms with Crippen molar-refractivity contribution in [2.75, 3.05) is 31.5 Å². The van der Waals surface area contributed by atoms with Gasteiger partial charge in [-0.2, -0.15) is 0 Å². The molecule has 0 saturated carbocycles. The number of aromatic nitrogens is 1. The third-order valence-electron chi connectivity index (χ3n) is 5.28. The summed E-state index contributed by atoms with van der Waals surface area (Å²) in [6.45, 7) is 8.18. The standard InChI is InChI=1S/C23H26N4OS/c1-18-22(29-17-24-18)23(28)25-21-9-7-20(8-10-21)16-27-13-11-26(12-14-27)15-19-5-3-2-4-6-19/h2-10,17H,11-16H2,1H3,(H,25,28). The zero-order valence-corrected chi connectivity index (χ0v) is 17.5. The zero-order valence-electron chi connectivity index (χ0n) is 16.7. The molecule has 1 aliphatic rings. The van der Waals surface area contributed by atoms with Crippen LogP contribution in [0.1, 0.15) is 26.5 Å². The minimum absolute atomic E-state index is 0.0905. The highest BCUT2D eigenvalue weighted by atomic mass is 32.1. The highest BCUT2D eigenvalue weighted by Gasteiger charge is 2.17. The fourth-order valence-corrected chi connectivity index (χ4v) is 4.30. The SMILES string of the molecule is Cc1ncsc1C(=O)Nc1ccc(CN2CCN(Cc3ccccc3)CC2)cc1. The topological polar surface area (TPSA) is 48.5 Å². The van der Waals surface area contributed by atoms with Crippen LogP contribution in [0, 0.1) is 6.92 Å². The number of anilines is 1. The van der Waals surface area contributed by atoms with E-state index in [1.807, 2.05) is 19.1 Å². The minimum Gasteiger partial charge on any atom is -0.321 e. The average molecular weight is 407 g/mol. The largest absolute Gasteiger partial charge is 0.321 e. The molecular weight excluding hydrogens is 380 g/mol. The van der Waals surface area contributed by atoms with E-state index in [0.29, 0.717) is 4.88 Å². The quantitative estimate of drug-likeness (QED) is 0.672. The van der Waals surface area contributed by atoms with Crippen molar-refractivity contribution < 1.29 is 4.79 Å². The number of rotatable bonds is 6. The highest BCUT2D eigenvalue weighted by molar-refractivity contribution is 7.12. The first-order valence-electron chi connectivity index (χ1n) is 9.96. The zero-order chi connectivity index (χ0) is 20.1. The van der Waals surface area contributed by atoms with Crippen molar-refractivity contribution in [1.29, 1.82) is 0 Å². The van der Waals surface area contributed by atoms with Gasteiger partial charge in [-0.25, -0.2) is 4.98 Å². The van der Waals surface area contributed by atoms with E-state index in [1.54, 1.807) is 5.51 Å². The molecule has 0 aliphatic carbocycles. The summed E-state index contributed by atoms with van der Waals surface area (Å²) in [5.74, 6) is -0.0905. The Morgan fingerprint density at radius 2 is 1.52 bits per heavy atom. The summed E-state index contributed by atoms with van der Waals surface area (Å²) in [6.07, 6.45) is 0. The van der Waals surface area contributed by atoms with Gasteiger partial charge in [-0.15, -0.1) is 11.3 Å². The Kier molecular flexibility index (Phi) is 6.34. The molecule has 0 bridgehead atoms. The van der Waals surface area contributed by atoms with Crippen LogP contribution in [0.2, 0.25) is 0 Å². The van der Waals surface area contributed by atoms with Gasteiger partial charge in [0.15, 0.2) is 0 Å². The van der Waals surface area contributed by atoms with Crippen molar-refractivity contribution in [3.8, 4) is 0 Å². The molecular formula is C23H26N4OS. The molecule has 150 valence electrons. The third kappa shape index (κ3) is 5.29. The second-order valence-electron chi connectivity index (χ2n) is 7.46. The second kappa shape index (κ2) is 9.31. The van der Waals surface area contributed by atoms with Crippen molar-refractivity contribution in [2.45, 2.75) is 20.0 Å². The summed E-state index contributed by atoms with van der Waals surface area (Å²) in [5, 5.41) is 2.96. The monoisotopic (exact) mass is 406 g/mol. The highest BCUT2D eigenvalue weighted by Crippen LogP contribution is 2.17. The van der Waals surface area contributed by atoms with Crippen molar-refractivity contribution in [3.63, 3.8) is 0 Å². The van der Waals surface area contributed by atoms with Gasteiger partial charge in [0.05, 0.1) is 11.2 Å². The lowest BCUT2D eigenvalue weighted by atomic mass is 10.1. The molecule has 6 heteroatoms. The van der Waals surface area contributed by atoms with Crippen LogP contribution in [0.5, 0.6) is 0 Å². The van der Waals surface area contributed by atoms with Gasteiger partial charge in [-0.3, -0.25) is 14.6 Å². The number of carbonyl (C=O) groups excluding carboxylic acids is 1. The van der Waals surface area contributed by atoms with Gasteiger partial charge in [0.2, 0.25) is 0 Å². The molecule has 0 unspecified atom stereocenters. The minimum atomic E-state index is -0.0905. The smallest absolute Gasteiger partial charge is 0.267 e. The van der Waals surface area contributed by atoms with Crippen molar-refractivity contribution in [3.05, 3.63) is 81.8 Å². The summed E-state index contributed by atoms with van der Waals surface area (Å²) in [6, 6.07) is 18.8. The lowest BCUT2D eigenvalue weighted by molar-refractivity contribution is 0.103. The molecule has 1 aromatic heterocycles. The van der Waals surface area contributed by atoms with Crippen molar-refractivity contribution in [2.24, 2.45) is 0 Å². The van der Waals surface area contributed by atoms with E-state index in [-0.39, 0.29) is 5.91 Å². The number of hydrogen-bond acceptors (Lipinski definition) is 5. The van der Waals surface area contributed by atoms with Crippen LogP contribution in [0.4, 0.5) is 5.69 Å². The van der Waals surface area contributed by atoms with Gasteiger partial charge in [0.1, 0.15) is 4.88 Å². The number of aryl methyl sites for hydroxylation is 1. The van der Waals surface area contributed by atoms with Gasteiger partial charge < -0.3 is 5.32 Å². The van der Waals surface area contributed by atoms with Gasteiger partial charge in [0.25, 0.3) is 5.91 Å². The molecule has 3 aromatic rings. The molecule has 1 fully saturated rings. The number of thiazole rings is 1. The van der Waals surface area contributed by atoms with Crippen LogP contribution in [-0.4, -0.2) is 46.9 Å². The number of benzene rings is 2. The molecule has 1 aliphatic heterocycles. The normalized spacial score (nSPS) is 15.3. The van der Waals surface area contributed by atoms with E-state index >= 15 is 0 Å². The van der Waals surface area contributed by atoms with Crippen LogP contribution in [0.15, 0.2) is 60.1 Å². The Morgan fingerprint density at radius 3 is 2.07 bits per heavy atom. The van der Waals surface area contributed by atoms with Crippen LogP contribution in [0.25, 0.3) is 0 Å². The number of nitrogens with one attached hydrogen (secondary N) is 1. The number of nitrogens with zero attached hydrogens (tertiary/aromatic N) is 3. The maximum Gasteiger partial charge on any atom is 0.267 e. The van der Waals surface area contributed by atoms with Gasteiger partial charge in [-0.05, 0) is 30.2 Å². The molecule has 1 amide bonds. The number of hydrogen-bond donors (Lipinski definition) is 1. The maximum absolute atomic E-state index is 12.3. The van der Waals surface area contributed by atoms with Crippen molar-refractivity contribution >= 4 is 22.9 Å². The summed E-state index contributed by atoms with van der Waals surface area (Å²) >= 11 is 1.37. The first-order chi connectivity index (χ1) is 14.2. The Balaban J connectivity index is 1.25. The average Bonchev–Trinajstić information content (AvgIpc) is 3.18. The second-order valence-corrected chi connectivity index (χ2v) is 8.31. The fourth-order valence-electron chi connectivity index (χ4n) is 3.61. The van der Waals surface area contributed by atoms with Crippen molar-refractivity contribution in [1.82, 2.24) is 14.8 Å². The van der Waals surface area contributed by atoms with Crippen LogP contribution < -0.4 is 5.32 Å². The molecule has 0 spiro atoms. The van der Waals surface area contributed by atoms with E-state index < -0.39 is 0 Å². The summed E-state index contributed by atoms with van der Waals surface area (Å²) in [5.41, 5.74) is 5.95.